The number of nitrogens with two attached hydrogens (primary N) is 1. The molecule has 1 aliphatic heterocycles. The van der Waals surface area contributed by atoms with E-state index in [9.17, 15) is 10.1 Å². The highest BCUT2D eigenvalue weighted by Gasteiger charge is 2.81. The summed E-state index contributed by atoms with van der Waals surface area (Å²) in [6, 6.07) is 12.7. The number of amides is 1. The highest BCUT2D eigenvalue weighted by molar-refractivity contribution is 5.95. The van der Waals surface area contributed by atoms with E-state index in [-0.39, 0.29) is 34.7 Å². The molecular weight excluding hydrogens is 322 g/mol. The third-order valence-electron chi connectivity index (χ3n) is 8.26. The summed E-state index contributed by atoms with van der Waals surface area (Å²) in [5, 5.41) is 9.67. The molecular formula is C22H27N3O. The summed E-state index contributed by atoms with van der Waals surface area (Å²) in [5.74, 6) is 0.269. The second-order valence-corrected chi connectivity index (χ2v) is 9.00. The van der Waals surface area contributed by atoms with Crippen molar-refractivity contribution in [2.24, 2.45) is 17.1 Å². The Morgan fingerprint density at radius 3 is 2.77 bits per heavy atom. The number of carbonyl (C=O) groups is 1. The van der Waals surface area contributed by atoms with Gasteiger partial charge in [0.15, 0.2) is 0 Å². The van der Waals surface area contributed by atoms with E-state index in [0.29, 0.717) is 0 Å². The molecule has 4 fully saturated rings. The van der Waals surface area contributed by atoms with Crippen LogP contribution in [0.2, 0.25) is 0 Å². The fourth-order valence-corrected chi connectivity index (χ4v) is 6.68. The highest BCUT2D eigenvalue weighted by Crippen LogP contribution is 2.70. The average molecular weight is 349 g/mol. The van der Waals surface area contributed by atoms with Crippen LogP contribution in [0.5, 0.6) is 0 Å². The number of carbonyl (C=O) groups excluding carboxylic acids is 1. The Hall–Kier alpha value is -1.86. The molecule has 5 rings (SSSR count). The summed E-state index contributed by atoms with van der Waals surface area (Å²) in [4.78, 5) is 15.7. The van der Waals surface area contributed by atoms with Gasteiger partial charge in [-0.05, 0) is 49.0 Å². The molecule has 0 spiro atoms. The third kappa shape index (κ3) is 1.71. The maximum atomic E-state index is 13.8. The number of piperidine rings is 1. The van der Waals surface area contributed by atoms with Crippen LogP contribution in [0.15, 0.2) is 30.3 Å². The van der Waals surface area contributed by atoms with Gasteiger partial charge < -0.3 is 10.6 Å². The predicted molar refractivity (Wildman–Crippen MR) is 99.0 cm³/mol. The molecule has 0 aromatic heterocycles. The molecule has 0 radical (unpaired) electrons. The number of rotatable bonds is 3. The Morgan fingerprint density at radius 1 is 1.31 bits per heavy atom. The van der Waals surface area contributed by atoms with Crippen LogP contribution in [0, 0.1) is 22.7 Å². The molecule has 0 bridgehead atoms. The number of nitriles is 1. The van der Waals surface area contributed by atoms with Gasteiger partial charge in [0.25, 0.3) is 0 Å². The van der Waals surface area contributed by atoms with Crippen molar-refractivity contribution in [3.63, 3.8) is 0 Å². The van der Waals surface area contributed by atoms with Crippen LogP contribution in [-0.2, 0) is 10.2 Å². The molecule has 136 valence electrons. The number of hydrogen-bond donors (Lipinski definition) is 1. The summed E-state index contributed by atoms with van der Waals surface area (Å²) in [5.41, 5.74) is 7.32. The van der Waals surface area contributed by atoms with Crippen molar-refractivity contribution in [2.75, 3.05) is 0 Å². The van der Waals surface area contributed by atoms with Gasteiger partial charge in [-0.15, -0.1) is 0 Å². The molecule has 6 unspecified atom stereocenters. The molecule has 4 aliphatic rings. The number of hydrogen-bond acceptors (Lipinski definition) is 3. The van der Waals surface area contributed by atoms with Gasteiger partial charge in [-0.3, -0.25) is 4.79 Å². The van der Waals surface area contributed by atoms with E-state index in [1.54, 1.807) is 0 Å². The molecule has 1 aromatic carbocycles. The van der Waals surface area contributed by atoms with Crippen LogP contribution in [0.4, 0.5) is 0 Å². The first kappa shape index (κ1) is 16.3. The molecule has 3 saturated carbocycles. The van der Waals surface area contributed by atoms with Gasteiger partial charge in [0, 0.05) is 11.5 Å². The van der Waals surface area contributed by atoms with E-state index in [2.05, 4.69) is 37.3 Å². The summed E-state index contributed by atoms with van der Waals surface area (Å²) in [6.45, 7) is 2.18. The molecule has 2 N–H and O–H groups in total. The summed E-state index contributed by atoms with van der Waals surface area (Å²) >= 11 is 0. The van der Waals surface area contributed by atoms with Crippen LogP contribution >= 0.6 is 0 Å². The van der Waals surface area contributed by atoms with Gasteiger partial charge in [0.05, 0.1) is 6.07 Å². The van der Waals surface area contributed by atoms with Crippen molar-refractivity contribution in [3.05, 3.63) is 35.9 Å². The Kier molecular flexibility index (Phi) is 3.20. The second-order valence-electron chi connectivity index (χ2n) is 9.00. The molecule has 1 heterocycles. The number of benzene rings is 1. The lowest BCUT2D eigenvalue weighted by Gasteiger charge is -2.30. The average Bonchev–Trinajstić information content (AvgIpc) is 3.52. The van der Waals surface area contributed by atoms with Gasteiger partial charge in [-0.1, -0.05) is 50.1 Å². The maximum Gasteiger partial charge on any atom is 0.245 e. The van der Waals surface area contributed by atoms with E-state index in [1.807, 2.05) is 11.0 Å². The zero-order valence-corrected chi connectivity index (χ0v) is 15.4. The first-order valence-electron chi connectivity index (χ1n) is 10.1. The van der Waals surface area contributed by atoms with Gasteiger partial charge in [0.1, 0.15) is 11.6 Å². The minimum atomic E-state index is -0.827. The first-order valence-corrected chi connectivity index (χ1v) is 10.1. The monoisotopic (exact) mass is 349 g/mol. The van der Waals surface area contributed by atoms with Crippen LogP contribution in [0.1, 0.15) is 57.4 Å². The zero-order chi connectivity index (χ0) is 18.2. The lowest BCUT2D eigenvalue weighted by Crippen LogP contribution is -2.53. The Bertz CT molecular complexity index is 801. The fraction of sp³-hybridized carbons (Fsp3) is 0.636. The second kappa shape index (κ2) is 5.10. The molecule has 4 nitrogen and oxygen atoms in total. The Balaban J connectivity index is 1.53. The Morgan fingerprint density at radius 2 is 2.08 bits per heavy atom. The Labute approximate surface area is 155 Å². The van der Waals surface area contributed by atoms with Crippen molar-refractivity contribution < 1.29 is 4.79 Å². The topological polar surface area (TPSA) is 70.1 Å². The maximum absolute atomic E-state index is 13.8. The predicted octanol–water partition coefficient (Wildman–Crippen LogP) is 3.12. The van der Waals surface area contributed by atoms with E-state index < -0.39 is 5.54 Å². The van der Waals surface area contributed by atoms with E-state index in [1.165, 1.54) is 5.56 Å². The SMILES string of the molecule is CCC12CC(C#N)N(C(=O)C3(N)C4CCCCC43c3ccccc3)C1C2. The van der Waals surface area contributed by atoms with Gasteiger partial charge in [-0.2, -0.15) is 5.26 Å². The smallest absolute Gasteiger partial charge is 0.245 e. The van der Waals surface area contributed by atoms with Crippen LogP contribution < -0.4 is 5.73 Å². The third-order valence-corrected chi connectivity index (χ3v) is 8.26. The van der Waals surface area contributed by atoms with Crippen molar-refractivity contribution in [1.29, 1.82) is 5.26 Å². The quantitative estimate of drug-likeness (QED) is 0.911. The number of likely N-dealkylation sites (tertiary alicyclic amines) is 1. The lowest BCUT2D eigenvalue weighted by molar-refractivity contribution is -0.135. The van der Waals surface area contributed by atoms with Crippen molar-refractivity contribution in [1.82, 2.24) is 4.90 Å². The molecule has 26 heavy (non-hydrogen) atoms. The van der Waals surface area contributed by atoms with E-state index >= 15 is 0 Å². The fourth-order valence-electron chi connectivity index (χ4n) is 6.68. The van der Waals surface area contributed by atoms with Crippen molar-refractivity contribution >= 4 is 5.91 Å². The molecule has 4 heteroatoms. The van der Waals surface area contributed by atoms with Crippen LogP contribution in [0.3, 0.4) is 0 Å². The van der Waals surface area contributed by atoms with Crippen molar-refractivity contribution in [2.45, 2.75) is 74.9 Å². The number of fused-ring (bicyclic) bond motifs is 2. The summed E-state index contributed by atoms with van der Waals surface area (Å²) in [6.07, 6.45) is 7.20. The largest absolute Gasteiger partial charge is 0.321 e. The van der Waals surface area contributed by atoms with E-state index in [0.717, 1.165) is 44.9 Å². The normalized spacial score (nSPS) is 45.4. The van der Waals surface area contributed by atoms with Gasteiger partial charge in [-0.25, -0.2) is 0 Å². The highest BCUT2D eigenvalue weighted by atomic mass is 16.2. The minimum Gasteiger partial charge on any atom is -0.321 e. The van der Waals surface area contributed by atoms with Crippen molar-refractivity contribution in [3.8, 4) is 6.07 Å². The van der Waals surface area contributed by atoms with Crippen LogP contribution in [-0.4, -0.2) is 28.4 Å². The standard InChI is InChI=1S/C22H27N3O/c1-2-20-12-16(14-23)25(18(20)13-20)19(26)22(24)17-10-6-7-11-21(17,22)15-8-4-3-5-9-15/h3-5,8-9,16-18H,2,6-7,10-13,24H2,1H3. The van der Waals surface area contributed by atoms with Gasteiger partial charge in [0.2, 0.25) is 5.91 Å². The first-order chi connectivity index (χ1) is 12.5. The number of nitrogens with zero attached hydrogens (tertiary/aromatic N) is 2. The minimum absolute atomic E-state index is 0.0534. The zero-order valence-electron chi connectivity index (χ0n) is 15.4. The molecule has 1 saturated heterocycles. The van der Waals surface area contributed by atoms with E-state index in [4.69, 9.17) is 5.73 Å². The molecule has 1 amide bonds. The van der Waals surface area contributed by atoms with Gasteiger partial charge >= 0.3 is 0 Å². The lowest BCUT2D eigenvalue weighted by atomic mass is 9.81. The van der Waals surface area contributed by atoms with Crippen LogP contribution in [0.25, 0.3) is 0 Å². The molecule has 6 atom stereocenters. The molecule has 3 aliphatic carbocycles. The summed E-state index contributed by atoms with van der Waals surface area (Å²) in [7, 11) is 0. The molecule has 1 aromatic rings. The summed E-state index contributed by atoms with van der Waals surface area (Å²) < 4.78 is 0.